The summed E-state index contributed by atoms with van der Waals surface area (Å²) in [5.74, 6) is 1.52. The molecule has 1 unspecified atom stereocenters. The van der Waals surface area contributed by atoms with Crippen LogP contribution in [0.5, 0.6) is 0 Å². The molecule has 0 spiro atoms. The lowest BCUT2D eigenvalue weighted by Crippen LogP contribution is -2.34. The van der Waals surface area contributed by atoms with Gasteiger partial charge in [0.05, 0.1) is 0 Å². The fourth-order valence-corrected chi connectivity index (χ4v) is 3.62. The molecule has 0 aliphatic carbocycles. The molecule has 122 valence electrons. The summed E-state index contributed by atoms with van der Waals surface area (Å²) in [6.45, 7) is 8.57. The van der Waals surface area contributed by atoms with E-state index in [1.54, 1.807) is 0 Å². The molecule has 2 aromatic carbocycles. The van der Waals surface area contributed by atoms with Gasteiger partial charge in [0.15, 0.2) is 0 Å². The molecule has 0 bridgehead atoms. The lowest BCUT2D eigenvalue weighted by Gasteiger charge is -2.31. The molecule has 1 fully saturated rings. The first kappa shape index (κ1) is 16.3. The zero-order chi connectivity index (χ0) is 16.1. The minimum absolute atomic E-state index is 0.603. The maximum Gasteiger partial charge on any atom is -0.00130 e. The molecule has 0 amide bonds. The molecule has 23 heavy (non-hydrogen) atoms. The standard InChI is InChI=1S/C22H29N/c1-18-12-15-23(16-13-18)17-14-19(2)21-10-6-7-11-22(21)20-8-4-3-5-9-20/h3-11,18-19H,12-17H2,1-2H3. The number of hydrogen-bond donors (Lipinski definition) is 0. The molecular weight excluding hydrogens is 278 g/mol. The van der Waals surface area contributed by atoms with E-state index < -0.39 is 0 Å². The summed E-state index contributed by atoms with van der Waals surface area (Å²) in [4.78, 5) is 2.65. The molecule has 1 atom stereocenters. The van der Waals surface area contributed by atoms with Gasteiger partial charge in [-0.25, -0.2) is 0 Å². The van der Waals surface area contributed by atoms with Crippen molar-refractivity contribution in [3.8, 4) is 11.1 Å². The predicted octanol–water partition coefficient (Wildman–Crippen LogP) is 5.58. The first-order valence-corrected chi connectivity index (χ1v) is 9.10. The summed E-state index contributed by atoms with van der Waals surface area (Å²) in [7, 11) is 0. The van der Waals surface area contributed by atoms with Crippen LogP contribution in [0.1, 0.15) is 44.6 Å². The third kappa shape index (κ3) is 4.23. The molecule has 1 aliphatic heterocycles. The Labute approximate surface area is 141 Å². The maximum atomic E-state index is 2.65. The zero-order valence-corrected chi connectivity index (χ0v) is 14.5. The van der Waals surface area contributed by atoms with E-state index in [4.69, 9.17) is 0 Å². The number of nitrogens with zero attached hydrogens (tertiary/aromatic N) is 1. The van der Waals surface area contributed by atoms with Crippen LogP contribution in [0.3, 0.4) is 0 Å². The van der Waals surface area contributed by atoms with Crippen molar-refractivity contribution in [2.24, 2.45) is 5.92 Å². The second kappa shape index (κ2) is 7.79. The quantitative estimate of drug-likeness (QED) is 0.697. The summed E-state index contributed by atoms with van der Waals surface area (Å²) in [5, 5.41) is 0. The van der Waals surface area contributed by atoms with E-state index in [0.717, 1.165) is 5.92 Å². The highest BCUT2D eigenvalue weighted by Crippen LogP contribution is 2.31. The Bertz CT molecular complexity index is 596. The molecular formula is C22H29N. The van der Waals surface area contributed by atoms with Gasteiger partial charge in [0.1, 0.15) is 0 Å². The predicted molar refractivity (Wildman–Crippen MR) is 99.7 cm³/mol. The van der Waals surface area contributed by atoms with Crippen LogP contribution >= 0.6 is 0 Å². The van der Waals surface area contributed by atoms with E-state index in [1.807, 2.05) is 0 Å². The van der Waals surface area contributed by atoms with Crippen LogP contribution in [-0.4, -0.2) is 24.5 Å². The van der Waals surface area contributed by atoms with Crippen LogP contribution in [0.2, 0.25) is 0 Å². The lowest BCUT2D eigenvalue weighted by atomic mass is 9.89. The number of piperidine rings is 1. The van der Waals surface area contributed by atoms with Gasteiger partial charge in [-0.15, -0.1) is 0 Å². The van der Waals surface area contributed by atoms with Gasteiger partial charge in [-0.3, -0.25) is 0 Å². The van der Waals surface area contributed by atoms with Crippen molar-refractivity contribution in [3.63, 3.8) is 0 Å². The second-order valence-electron chi connectivity index (χ2n) is 7.17. The molecule has 2 aromatic rings. The van der Waals surface area contributed by atoms with Gasteiger partial charge in [0, 0.05) is 0 Å². The number of hydrogen-bond acceptors (Lipinski definition) is 1. The highest BCUT2D eigenvalue weighted by atomic mass is 15.1. The van der Waals surface area contributed by atoms with E-state index in [2.05, 4.69) is 73.3 Å². The first-order chi connectivity index (χ1) is 11.2. The van der Waals surface area contributed by atoms with Gasteiger partial charge < -0.3 is 4.90 Å². The highest BCUT2D eigenvalue weighted by molar-refractivity contribution is 5.67. The molecule has 0 aromatic heterocycles. The van der Waals surface area contributed by atoms with Gasteiger partial charge in [0.25, 0.3) is 0 Å². The van der Waals surface area contributed by atoms with Gasteiger partial charge in [0.2, 0.25) is 0 Å². The number of benzene rings is 2. The minimum atomic E-state index is 0.603. The summed E-state index contributed by atoms with van der Waals surface area (Å²) in [6.07, 6.45) is 3.99. The molecule has 1 heterocycles. The van der Waals surface area contributed by atoms with Crippen molar-refractivity contribution in [1.82, 2.24) is 4.90 Å². The van der Waals surface area contributed by atoms with Crippen molar-refractivity contribution >= 4 is 0 Å². The lowest BCUT2D eigenvalue weighted by molar-refractivity contribution is 0.187. The van der Waals surface area contributed by atoms with Gasteiger partial charge in [-0.2, -0.15) is 0 Å². The zero-order valence-electron chi connectivity index (χ0n) is 14.5. The van der Waals surface area contributed by atoms with Gasteiger partial charge in [-0.05, 0) is 67.4 Å². The third-order valence-electron chi connectivity index (χ3n) is 5.33. The number of rotatable bonds is 5. The van der Waals surface area contributed by atoms with E-state index in [0.29, 0.717) is 5.92 Å². The smallest absolute Gasteiger partial charge is 0.00130 e. The average Bonchev–Trinajstić information content (AvgIpc) is 2.62. The maximum absolute atomic E-state index is 2.65. The molecule has 0 N–H and O–H groups in total. The fourth-order valence-electron chi connectivity index (χ4n) is 3.62. The second-order valence-corrected chi connectivity index (χ2v) is 7.17. The van der Waals surface area contributed by atoms with Crippen LogP contribution in [0.15, 0.2) is 54.6 Å². The molecule has 1 aliphatic rings. The SMILES string of the molecule is CC1CCN(CCC(C)c2ccccc2-c2ccccc2)CC1. The van der Waals surface area contributed by atoms with Crippen molar-refractivity contribution in [2.75, 3.05) is 19.6 Å². The Hall–Kier alpha value is -1.60. The van der Waals surface area contributed by atoms with Gasteiger partial charge >= 0.3 is 0 Å². The Morgan fingerprint density at radius 1 is 0.957 bits per heavy atom. The fraction of sp³-hybridized carbons (Fsp3) is 0.455. The Kier molecular flexibility index (Phi) is 5.51. The van der Waals surface area contributed by atoms with Crippen molar-refractivity contribution < 1.29 is 0 Å². The Morgan fingerprint density at radius 3 is 2.35 bits per heavy atom. The van der Waals surface area contributed by atoms with Crippen molar-refractivity contribution in [2.45, 2.75) is 39.0 Å². The van der Waals surface area contributed by atoms with E-state index in [-0.39, 0.29) is 0 Å². The van der Waals surface area contributed by atoms with Crippen LogP contribution in [0.25, 0.3) is 11.1 Å². The van der Waals surface area contributed by atoms with E-state index in [9.17, 15) is 0 Å². The monoisotopic (exact) mass is 307 g/mol. The van der Waals surface area contributed by atoms with E-state index in [1.165, 1.54) is 55.6 Å². The first-order valence-electron chi connectivity index (χ1n) is 9.10. The summed E-state index contributed by atoms with van der Waals surface area (Å²) in [6, 6.07) is 19.7. The van der Waals surface area contributed by atoms with Gasteiger partial charge in [-0.1, -0.05) is 68.4 Å². The van der Waals surface area contributed by atoms with Crippen LogP contribution < -0.4 is 0 Å². The van der Waals surface area contributed by atoms with Crippen LogP contribution in [0, 0.1) is 5.92 Å². The average molecular weight is 307 g/mol. The minimum Gasteiger partial charge on any atom is -0.303 e. The van der Waals surface area contributed by atoms with E-state index >= 15 is 0 Å². The molecule has 1 saturated heterocycles. The molecule has 3 rings (SSSR count). The molecule has 0 saturated carbocycles. The van der Waals surface area contributed by atoms with Crippen molar-refractivity contribution in [1.29, 1.82) is 0 Å². The molecule has 1 nitrogen and oxygen atoms in total. The van der Waals surface area contributed by atoms with Crippen LogP contribution in [-0.2, 0) is 0 Å². The molecule has 1 heteroatoms. The third-order valence-corrected chi connectivity index (χ3v) is 5.33. The summed E-state index contributed by atoms with van der Waals surface area (Å²) in [5.41, 5.74) is 4.22. The van der Waals surface area contributed by atoms with Crippen molar-refractivity contribution in [3.05, 3.63) is 60.2 Å². The Balaban J connectivity index is 1.67. The normalized spacial score (nSPS) is 18.0. The Morgan fingerprint density at radius 2 is 1.61 bits per heavy atom. The number of likely N-dealkylation sites (tertiary alicyclic amines) is 1. The summed E-state index contributed by atoms with van der Waals surface area (Å²) < 4.78 is 0. The highest BCUT2D eigenvalue weighted by Gasteiger charge is 2.17. The summed E-state index contributed by atoms with van der Waals surface area (Å²) >= 11 is 0. The van der Waals surface area contributed by atoms with Crippen LogP contribution in [0.4, 0.5) is 0 Å². The largest absolute Gasteiger partial charge is 0.303 e. The molecule has 0 radical (unpaired) electrons. The topological polar surface area (TPSA) is 3.24 Å².